The number of amides is 3. The smallest absolute Gasteiger partial charge is 0.317 e. The van der Waals surface area contributed by atoms with E-state index >= 15 is 0 Å². The van der Waals surface area contributed by atoms with Crippen molar-refractivity contribution in [3.05, 3.63) is 11.7 Å². The van der Waals surface area contributed by atoms with Gasteiger partial charge in [0.2, 0.25) is 11.8 Å². The van der Waals surface area contributed by atoms with Crippen LogP contribution in [0.4, 0.5) is 4.79 Å². The Hall–Kier alpha value is -2.12. The molecule has 0 bridgehead atoms. The zero-order valence-corrected chi connectivity index (χ0v) is 16.0. The van der Waals surface area contributed by atoms with E-state index < -0.39 is 0 Å². The summed E-state index contributed by atoms with van der Waals surface area (Å²) < 4.78 is 5.47. The number of hydrogen-bond donors (Lipinski definition) is 1. The van der Waals surface area contributed by atoms with Crippen molar-refractivity contribution in [1.29, 1.82) is 0 Å². The van der Waals surface area contributed by atoms with Crippen molar-refractivity contribution in [2.75, 3.05) is 26.2 Å². The molecule has 148 valence electrons. The first-order chi connectivity index (χ1) is 13.1. The van der Waals surface area contributed by atoms with E-state index in [2.05, 4.69) is 15.5 Å². The van der Waals surface area contributed by atoms with Gasteiger partial charge in [-0.05, 0) is 25.7 Å². The number of nitrogens with one attached hydrogen (secondary N) is 1. The van der Waals surface area contributed by atoms with Crippen molar-refractivity contribution in [3.8, 4) is 0 Å². The second-order valence-electron chi connectivity index (χ2n) is 8.16. The summed E-state index contributed by atoms with van der Waals surface area (Å²) in [6, 6.07) is 0.371. The molecule has 0 aromatic carbocycles. The summed E-state index contributed by atoms with van der Waals surface area (Å²) >= 11 is 0. The second-order valence-corrected chi connectivity index (χ2v) is 8.16. The molecule has 1 aliphatic carbocycles. The van der Waals surface area contributed by atoms with Crippen LogP contribution >= 0.6 is 0 Å². The Labute approximate surface area is 159 Å². The molecule has 1 aromatic rings. The van der Waals surface area contributed by atoms with Crippen molar-refractivity contribution in [2.24, 2.45) is 0 Å². The Bertz CT molecular complexity index is 671. The van der Waals surface area contributed by atoms with Crippen LogP contribution in [0.5, 0.6) is 0 Å². The molecular formula is C19H29N5O3. The zero-order valence-electron chi connectivity index (χ0n) is 16.0. The molecule has 0 unspecified atom stereocenters. The number of aromatic nitrogens is 2. The van der Waals surface area contributed by atoms with Gasteiger partial charge in [-0.3, -0.25) is 4.79 Å². The van der Waals surface area contributed by atoms with Gasteiger partial charge in [0.25, 0.3) is 0 Å². The Balaban J connectivity index is 1.24. The van der Waals surface area contributed by atoms with E-state index in [4.69, 9.17) is 4.52 Å². The summed E-state index contributed by atoms with van der Waals surface area (Å²) in [7, 11) is 0. The highest BCUT2D eigenvalue weighted by atomic mass is 16.5. The van der Waals surface area contributed by atoms with Crippen LogP contribution in [0.25, 0.3) is 0 Å². The highest BCUT2D eigenvalue weighted by Crippen LogP contribution is 2.30. The van der Waals surface area contributed by atoms with Crippen LogP contribution in [-0.2, 0) is 4.79 Å². The van der Waals surface area contributed by atoms with Crippen LogP contribution in [-0.4, -0.2) is 64.1 Å². The van der Waals surface area contributed by atoms with Gasteiger partial charge in [-0.2, -0.15) is 4.98 Å². The third-order valence-electron chi connectivity index (χ3n) is 6.21. The van der Waals surface area contributed by atoms with E-state index in [1.807, 2.05) is 9.80 Å². The van der Waals surface area contributed by atoms with E-state index in [0.717, 1.165) is 44.6 Å². The Morgan fingerprint density at radius 2 is 1.70 bits per heavy atom. The minimum atomic E-state index is 0.0366. The predicted octanol–water partition coefficient (Wildman–Crippen LogP) is 2.24. The molecule has 8 heteroatoms. The molecule has 3 fully saturated rings. The fraction of sp³-hybridized carbons (Fsp3) is 0.789. The molecule has 3 heterocycles. The molecule has 1 saturated carbocycles. The Morgan fingerprint density at radius 1 is 1.00 bits per heavy atom. The van der Waals surface area contributed by atoms with Crippen molar-refractivity contribution >= 4 is 11.9 Å². The first-order valence-corrected chi connectivity index (χ1v) is 10.2. The van der Waals surface area contributed by atoms with E-state index in [1.165, 1.54) is 19.3 Å². The third kappa shape index (κ3) is 4.09. The summed E-state index contributed by atoms with van der Waals surface area (Å²) in [5.41, 5.74) is 0. The number of nitrogens with zero attached hydrogens (tertiary/aromatic N) is 4. The lowest BCUT2D eigenvalue weighted by atomic mass is 9.95. The van der Waals surface area contributed by atoms with E-state index in [9.17, 15) is 9.59 Å². The van der Waals surface area contributed by atoms with Crippen molar-refractivity contribution < 1.29 is 14.1 Å². The lowest BCUT2D eigenvalue weighted by Crippen LogP contribution is -2.54. The van der Waals surface area contributed by atoms with Crippen LogP contribution in [0.15, 0.2) is 4.52 Å². The molecular weight excluding hydrogens is 346 g/mol. The quantitative estimate of drug-likeness (QED) is 0.875. The SMILES string of the molecule is CC(=O)N1CCC(c2noc(C3CN(C(=O)NC4CCCCC4)C3)n2)CC1. The van der Waals surface area contributed by atoms with E-state index in [-0.39, 0.29) is 23.8 Å². The molecule has 3 amide bonds. The maximum atomic E-state index is 12.3. The Morgan fingerprint density at radius 3 is 2.37 bits per heavy atom. The average Bonchev–Trinajstić information content (AvgIpc) is 3.11. The predicted molar refractivity (Wildman–Crippen MR) is 98.2 cm³/mol. The summed E-state index contributed by atoms with van der Waals surface area (Å²) in [4.78, 5) is 32.0. The monoisotopic (exact) mass is 375 g/mol. The largest absolute Gasteiger partial charge is 0.343 e. The fourth-order valence-corrected chi connectivity index (χ4v) is 4.34. The molecule has 1 aromatic heterocycles. The molecule has 1 N–H and O–H groups in total. The van der Waals surface area contributed by atoms with Crippen molar-refractivity contribution in [3.63, 3.8) is 0 Å². The topological polar surface area (TPSA) is 91.6 Å². The maximum Gasteiger partial charge on any atom is 0.317 e. The minimum Gasteiger partial charge on any atom is -0.343 e. The molecule has 0 spiro atoms. The average molecular weight is 375 g/mol. The Kier molecular flexibility index (Phi) is 5.31. The second kappa shape index (κ2) is 7.86. The third-order valence-corrected chi connectivity index (χ3v) is 6.21. The zero-order chi connectivity index (χ0) is 18.8. The van der Waals surface area contributed by atoms with E-state index in [1.54, 1.807) is 6.92 Å². The first kappa shape index (κ1) is 18.3. The maximum absolute atomic E-state index is 12.3. The number of urea groups is 1. The van der Waals surface area contributed by atoms with Gasteiger partial charge >= 0.3 is 6.03 Å². The van der Waals surface area contributed by atoms with Gasteiger partial charge in [-0.1, -0.05) is 24.4 Å². The lowest BCUT2D eigenvalue weighted by Gasteiger charge is -2.38. The number of rotatable bonds is 3. The molecule has 2 saturated heterocycles. The highest BCUT2D eigenvalue weighted by molar-refractivity contribution is 5.75. The fourth-order valence-electron chi connectivity index (χ4n) is 4.34. The van der Waals surface area contributed by atoms with Gasteiger partial charge in [0, 0.05) is 45.1 Å². The number of piperidine rings is 1. The molecule has 0 atom stereocenters. The van der Waals surface area contributed by atoms with Crippen LogP contribution in [0.1, 0.15) is 75.4 Å². The minimum absolute atomic E-state index is 0.0366. The number of hydrogen-bond acceptors (Lipinski definition) is 5. The molecule has 4 rings (SSSR count). The van der Waals surface area contributed by atoms with Crippen LogP contribution in [0.3, 0.4) is 0 Å². The number of carbonyl (C=O) groups is 2. The first-order valence-electron chi connectivity index (χ1n) is 10.2. The number of likely N-dealkylation sites (tertiary alicyclic amines) is 2. The van der Waals surface area contributed by atoms with Gasteiger partial charge in [-0.15, -0.1) is 0 Å². The van der Waals surface area contributed by atoms with Gasteiger partial charge in [0.15, 0.2) is 5.82 Å². The summed E-state index contributed by atoms with van der Waals surface area (Å²) in [6.45, 7) is 4.40. The summed E-state index contributed by atoms with van der Waals surface area (Å²) in [5.74, 6) is 1.91. The summed E-state index contributed by atoms with van der Waals surface area (Å²) in [6.07, 6.45) is 7.65. The van der Waals surface area contributed by atoms with Crippen molar-refractivity contribution in [2.45, 2.75) is 69.7 Å². The van der Waals surface area contributed by atoms with Crippen LogP contribution < -0.4 is 5.32 Å². The van der Waals surface area contributed by atoms with Crippen molar-refractivity contribution in [1.82, 2.24) is 25.3 Å². The standard InChI is InChI=1S/C19H29N5O3/c1-13(25)23-9-7-14(8-10-23)17-21-18(27-22-17)15-11-24(12-15)19(26)20-16-5-3-2-4-6-16/h14-16H,2-12H2,1H3,(H,20,26). The van der Waals surface area contributed by atoms with E-state index in [0.29, 0.717) is 25.0 Å². The highest BCUT2D eigenvalue weighted by Gasteiger charge is 2.37. The molecule has 27 heavy (non-hydrogen) atoms. The molecule has 0 radical (unpaired) electrons. The van der Waals surface area contributed by atoms with Gasteiger partial charge < -0.3 is 19.6 Å². The molecule has 3 aliphatic rings. The van der Waals surface area contributed by atoms with Gasteiger partial charge in [-0.25, -0.2) is 4.79 Å². The van der Waals surface area contributed by atoms with Gasteiger partial charge in [0.05, 0.1) is 5.92 Å². The number of carbonyl (C=O) groups excluding carboxylic acids is 2. The normalized spacial score (nSPS) is 22.6. The summed E-state index contributed by atoms with van der Waals surface area (Å²) in [5, 5.41) is 7.32. The van der Waals surface area contributed by atoms with Crippen LogP contribution in [0.2, 0.25) is 0 Å². The molecule has 2 aliphatic heterocycles. The lowest BCUT2D eigenvalue weighted by molar-refractivity contribution is -0.129. The molecule has 8 nitrogen and oxygen atoms in total. The van der Waals surface area contributed by atoms with Crippen LogP contribution in [0, 0.1) is 0 Å². The van der Waals surface area contributed by atoms with Gasteiger partial charge in [0.1, 0.15) is 0 Å².